The molecule has 0 aliphatic carbocycles. The van der Waals surface area contributed by atoms with Crippen molar-refractivity contribution >= 4 is 27.7 Å². The lowest BCUT2D eigenvalue weighted by atomic mass is 9.86. The molecule has 2 aromatic carbocycles. The summed E-state index contributed by atoms with van der Waals surface area (Å²) in [6, 6.07) is 13.5. The topological polar surface area (TPSA) is 131 Å². The smallest absolute Gasteiger partial charge is 0.264 e. The number of nitrogens with zero attached hydrogens (tertiary/aromatic N) is 6. The quantitative estimate of drug-likeness (QED) is 0.239. The van der Waals surface area contributed by atoms with Crippen LogP contribution < -0.4 is 14.4 Å². The van der Waals surface area contributed by atoms with Crippen LogP contribution in [0, 0.1) is 24.7 Å². The lowest BCUT2D eigenvalue weighted by Crippen LogP contribution is -2.45. The zero-order chi connectivity index (χ0) is 36.0. The third-order valence-corrected chi connectivity index (χ3v) is 11.2. The lowest BCUT2D eigenvalue weighted by molar-refractivity contribution is 0.0509. The number of rotatable bonds is 5. The van der Waals surface area contributed by atoms with Gasteiger partial charge in [0.25, 0.3) is 15.9 Å². The van der Waals surface area contributed by atoms with Gasteiger partial charge in [-0.05, 0) is 73.8 Å². The van der Waals surface area contributed by atoms with Gasteiger partial charge >= 0.3 is 0 Å². The van der Waals surface area contributed by atoms with Crippen molar-refractivity contribution in [3.8, 4) is 17.1 Å². The number of nitrogens with one attached hydrogen (secondary N) is 1. The molecule has 2 aliphatic heterocycles. The molecule has 50 heavy (non-hydrogen) atoms. The zero-order valence-electron chi connectivity index (χ0n) is 30.2. The van der Waals surface area contributed by atoms with Crippen molar-refractivity contribution < 1.29 is 17.9 Å². The fraction of sp³-hybridized carbons (Fsp3) is 0.447. The number of benzene rings is 2. The molecule has 4 heterocycles. The van der Waals surface area contributed by atoms with Crippen LogP contribution in [0.3, 0.4) is 0 Å². The number of ether oxygens (including phenoxy) is 1. The van der Waals surface area contributed by atoms with Crippen LogP contribution in [0.4, 0.5) is 11.8 Å². The molecule has 0 saturated carbocycles. The minimum atomic E-state index is -4.18. The zero-order valence-corrected chi connectivity index (χ0v) is 31.0. The molecule has 2 aromatic heterocycles. The molecule has 1 fully saturated rings. The van der Waals surface area contributed by atoms with Crippen molar-refractivity contribution in [3.05, 3.63) is 83.3 Å². The van der Waals surface area contributed by atoms with E-state index in [0.29, 0.717) is 17.8 Å². The molecule has 4 aromatic rings. The molecule has 4 bridgehead atoms. The van der Waals surface area contributed by atoms with E-state index in [-0.39, 0.29) is 58.2 Å². The third kappa shape index (κ3) is 7.45. The summed E-state index contributed by atoms with van der Waals surface area (Å²) < 4.78 is 36.4. The van der Waals surface area contributed by atoms with Crippen LogP contribution in [0.15, 0.2) is 65.8 Å². The molecule has 0 spiro atoms. The lowest BCUT2D eigenvalue weighted by Gasteiger charge is -2.36. The Balaban J connectivity index is 1.46. The van der Waals surface area contributed by atoms with Crippen molar-refractivity contribution in [1.29, 1.82) is 0 Å². The Morgan fingerprint density at radius 3 is 2.40 bits per heavy atom. The number of carbonyl (C=O) groups is 1. The monoisotopic (exact) mass is 697 g/mol. The molecule has 1 amide bonds. The van der Waals surface area contributed by atoms with E-state index in [2.05, 4.69) is 66.1 Å². The van der Waals surface area contributed by atoms with Crippen molar-refractivity contribution in [2.24, 2.45) is 10.8 Å². The largest absolute Gasteiger partial charge is 0.475 e. The maximum atomic E-state index is 14.6. The van der Waals surface area contributed by atoms with Crippen LogP contribution in [-0.4, -0.2) is 64.4 Å². The average molecular weight is 698 g/mol. The second-order valence-corrected chi connectivity index (χ2v) is 17.1. The maximum absolute atomic E-state index is 14.6. The number of hydrogen-bond acceptors (Lipinski definition) is 9. The predicted molar refractivity (Wildman–Crippen MR) is 195 cm³/mol. The summed E-state index contributed by atoms with van der Waals surface area (Å²) >= 11 is 0. The highest BCUT2D eigenvalue weighted by Crippen LogP contribution is 2.38. The molecule has 2 atom stereocenters. The molecule has 1 saturated heterocycles. The molecule has 0 radical (unpaired) electrons. The van der Waals surface area contributed by atoms with Gasteiger partial charge < -0.3 is 14.5 Å². The first kappa shape index (κ1) is 35.3. The maximum Gasteiger partial charge on any atom is 0.264 e. The van der Waals surface area contributed by atoms with Crippen LogP contribution in [-0.2, 0) is 16.6 Å². The third-order valence-electron chi connectivity index (χ3n) is 9.92. The van der Waals surface area contributed by atoms with E-state index >= 15 is 0 Å². The van der Waals surface area contributed by atoms with Crippen molar-refractivity contribution in [2.45, 2.75) is 91.8 Å². The number of hydrogen-bond donors (Lipinski definition) is 1. The Morgan fingerprint density at radius 2 is 1.72 bits per heavy atom. The first-order chi connectivity index (χ1) is 23.5. The van der Waals surface area contributed by atoms with Gasteiger partial charge in [0.15, 0.2) is 0 Å². The highest BCUT2D eigenvalue weighted by atomic mass is 32.2. The van der Waals surface area contributed by atoms with Gasteiger partial charge in [0, 0.05) is 29.8 Å². The Kier molecular flexibility index (Phi) is 9.36. The van der Waals surface area contributed by atoms with Crippen molar-refractivity contribution in [2.75, 3.05) is 22.8 Å². The number of sulfonamides is 1. The summed E-state index contributed by atoms with van der Waals surface area (Å²) in [5.41, 5.74) is 4.15. The van der Waals surface area contributed by atoms with Gasteiger partial charge in [-0.3, -0.25) is 9.78 Å². The van der Waals surface area contributed by atoms with E-state index in [1.54, 1.807) is 35.5 Å². The SMILES string of the molecule is Cc1cccc(C)c1-c1cc2nc(n1)NS(=O)(=O)c1cccc(c1)C(=O)N(Cc1cncc(N3CCC(C)(C)[C@@H]3C)n1)[C@H](CC(C)(C)C)CO2. The second kappa shape index (κ2) is 13.3. The van der Waals surface area contributed by atoms with Gasteiger partial charge in [-0.2, -0.15) is 4.98 Å². The van der Waals surface area contributed by atoms with Crippen LogP contribution in [0.2, 0.25) is 0 Å². The number of fused-ring (bicyclic) bond motifs is 4. The minimum absolute atomic E-state index is 0.0779. The average Bonchev–Trinajstić information content (AvgIpc) is 3.32. The Morgan fingerprint density at radius 1 is 1.00 bits per heavy atom. The summed E-state index contributed by atoms with van der Waals surface area (Å²) in [6.07, 6.45) is 5.10. The van der Waals surface area contributed by atoms with Crippen molar-refractivity contribution in [3.63, 3.8) is 0 Å². The van der Waals surface area contributed by atoms with Gasteiger partial charge in [0.05, 0.1) is 41.3 Å². The summed E-state index contributed by atoms with van der Waals surface area (Å²) in [7, 11) is -4.18. The van der Waals surface area contributed by atoms with Crippen molar-refractivity contribution in [1.82, 2.24) is 24.8 Å². The standard InChI is InChI=1S/C38H47N7O4S/c1-24-11-9-12-25(2)34(24)31-18-33-42-36(41-31)43-50(47,48)30-14-10-13-27(17-30)35(46)45(29(23-49-33)19-37(4,5)6)22-28-20-39-21-32(40-28)44-16-15-38(7,8)26(44)3/h9-14,17-18,20-21,26,29H,15-16,19,22-23H2,1-8H3,(H,41,42,43)/t26-,29+/m0/s1. The molecule has 264 valence electrons. The minimum Gasteiger partial charge on any atom is -0.475 e. The molecule has 6 rings (SSSR count). The van der Waals surface area contributed by atoms with E-state index in [0.717, 1.165) is 35.5 Å². The Bertz CT molecular complexity index is 2010. The molecule has 12 heteroatoms. The van der Waals surface area contributed by atoms with Crippen LogP contribution in [0.5, 0.6) is 5.88 Å². The first-order valence-corrected chi connectivity index (χ1v) is 18.6. The van der Waals surface area contributed by atoms with Crippen LogP contribution >= 0.6 is 0 Å². The summed E-state index contributed by atoms with van der Waals surface area (Å²) in [4.78, 5) is 37.2. The molecular formula is C38H47N7O4S. The predicted octanol–water partition coefficient (Wildman–Crippen LogP) is 6.82. The molecule has 2 aliphatic rings. The number of anilines is 2. The Hall–Kier alpha value is -4.58. The van der Waals surface area contributed by atoms with Gasteiger partial charge in [0.2, 0.25) is 11.8 Å². The highest BCUT2D eigenvalue weighted by molar-refractivity contribution is 7.92. The highest BCUT2D eigenvalue weighted by Gasteiger charge is 2.38. The molecular weight excluding hydrogens is 651 g/mol. The molecule has 0 unspecified atom stereocenters. The van der Waals surface area contributed by atoms with Crippen LogP contribution in [0.25, 0.3) is 11.3 Å². The molecule has 11 nitrogen and oxygen atoms in total. The van der Waals surface area contributed by atoms with Gasteiger partial charge in [-0.1, -0.05) is 58.9 Å². The number of carbonyl (C=O) groups excluding carboxylic acids is 1. The number of amides is 1. The van der Waals surface area contributed by atoms with E-state index in [1.807, 2.05) is 32.0 Å². The summed E-state index contributed by atoms with van der Waals surface area (Å²) in [5.74, 6) is 0.511. The van der Waals surface area contributed by atoms with E-state index in [9.17, 15) is 13.2 Å². The fourth-order valence-electron chi connectivity index (χ4n) is 6.88. The molecule has 1 N–H and O–H groups in total. The number of aryl methyl sites for hydroxylation is 2. The number of aromatic nitrogens is 4. The summed E-state index contributed by atoms with van der Waals surface area (Å²) in [5, 5.41) is 0. The first-order valence-electron chi connectivity index (χ1n) is 17.1. The second-order valence-electron chi connectivity index (χ2n) is 15.5. The van der Waals surface area contributed by atoms with E-state index in [1.165, 1.54) is 12.1 Å². The van der Waals surface area contributed by atoms with Gasteiger partial charge in [-0.15, -0.1) is 0 Å². The summed E-state index contributed by atoms with van der Waals surface area (Å²) in [6.45, 7) is 18.2. The fourth-order valence-corrected chi connectivity index (χ4v) is 7.87. The van der Waals surface area contributed by atoms with Crippen LogP contribution in [0.1, 0.15) is 81.6 Å². The Labute approximate surface area is 295 Å². The van der Waals surface area contributed by atoms with E-state index < -0.39 is 16.1 Å². The van der Waals surface area contributed by atoms with E-state index in [4.69, 9.17) is 9.72 Å². The van der Waals surface area contributed by atoms with Gasteiger partial charge in [0.1, 0.15) is 12.4 Å². The van der Waals surface area contributed by atoms with Gasteiger partial charge in [-0.25, -0.2) is 23.1 Å². The normalized spacial score (nSPS) is 20.3.